The van der Waals surface area contributed by atoms with Crippen LogP contribution in [0.1, 0.15) is 24.8 Å². The second-order valence-corrected chi connectivity index (χ2v) is 6.05. The lowest BCUT2D eigenvalue weighted by molar-refractivity contribution is -0.134. The summed E-state index contributed by atoms with van der Waals surface area (Å²) in [7, 11) is 4.09. The van der Waals surface area contributed by atoms with E-state index in [1.54, 1.807) is 0 Å². The number of amides is 1. The SMILES string of the molecule is CN(C)CCN(Cc1ccccc1)C(=O)[C@H]1CCCCN1. The number of likely N-dealkylation sites (N-methyl/N-ethyl adjacent to an activating group) is 1. The number of hydrogen-bond donors (Lipinski definition) is 1. The van der Waals surface area contributed by atoms with Crippen LogP contribution in [0, 0.1) is 0 Å². The Morgan fingerprint density at radius 1 is 1.19 bits per heavy atom. The van der Waals surface area contributed by atoms with Gasteiger partial charge < -0.3 is 15.1 Å². The first-order chi connectivity index (χ1) is 10.2. The molecule has 4 nitrogen and oxygen atoms in total. The smallest absolute Gasteiger partial charge is 0.240 e. The van der Waals surface area contributed by atoms with Crippen molar-refractivity contribution in [1.29, 1.82) is 0 Å². The van der Waals surface area contributed by atoms with Crippen LogP contribution in [0.15, 0.2) is 30.3 Å². The fraction of sp³-hybridized carbons (Fsp3) is 0.588. The third kappa shape index (κ3) is 5.14. The monoisotopic (exact) mass is 289 g/mol. The molecule has 0 aromatic heterocycles. The zero-order chi connectivity index (χ0) is 15.1. The van der Waals surface area contributed by atoms with E-state index in [1.165, 1.54) is 12.0 Å². The molecule has 0 unspecified atom stereocenters. The molecule has 1 saturated heterocycles. The van der Waals surface area contributed by atoms with E-state index in [0.29, 0.717) is 6.54 Å². The molecule has 1 atom stereocenters. The fourth-order valence-electron chi connectivity index (χ4n) is 2.67. The molecule has 0 aliphatic carbocycles. The van der Waals surface area contributed by atoms with Crippen molar-refractivity contribution in [2.75, 3.05) is 33.7 Å². The Bertz CT molecular complexity index is 427. The molecule has 0 spiro atoms. The van der Waals surface area contributed by atoms with E-state index < -0.39 is 0 Å². The number of nitrogens with one attached hydrogen (secondary N) is 1. The van der Waals surface area contributed by atoms with Crippen molar-refractivity contribution >= 4 is 5.91 Å². The molecular weight excluding hydrogens is 262 g/mol. The van der Waals surface area contributed by atoms with Gasteiger partial charge in [-0.1, -0.05) is 36.8 Å². The van der Waals surface area contributed by atoms with Gasteiger partial charge in [0.25, 0.3) is 0 Å². The first kappa shape index (κ1) is 16.0. The third-order valence-electron chi connectivity index (χ3n) is 3.95. The number of carbonyl (C=O) groups excluding carboxylic acids is 1. The quantitative estimate of drug-likeness (QED) is 0.866. The number of nitrogens with zero attached hydrogens (tertiary/aromatic N) is 2. The minimum Gasteiger partial charge on any atom is -0.336 e. The first-order valence-electron chi connectivity index (χ1n) is 7.87. The van der Waals surface area contributed by atoms with Gasteiger partial charge in [0.1, 0.15) is 0 Å². The van der Waals surface area contributed by atoms with Crippen LogP contribution in [0.4, 0.5) is 0 Å². The molecule has 1 amide bonds. The number of hydrogen-bond acceptors (Lipinski definition) is 3. The Labute approximate surface area is 128 Å². The van der Waals surface area contributed by atoms with Crippen molar-refractivity contribution in [3.05, 3.63) is 35.9 Å². The Kier molecular flexibility index (Phi) is 6.21. The van der Waals surface area contributed by atoms with Crippen molar-refractivity contribution in [3.63, 3.8) is 0 Å². The zero-order valence-electron chi connectivity index (χ0n) is 13.2. The molecule has 1 aromatic carbocycles. The highest BCUT2D eigenvalue weighted by Crippen LogP contribution is 2.12. The molecule has 21 heavy (non-hydrogen) atoms. The normalized spacial score (nSPS) is 18.7. The van der Waals surface area contributed by atoms with Gasteiger partial charge in [0.15, 0.2) is 0 Å². The summed E-state index contributed by atoms with van der Waals surface area (Å²) in [5, 5.41) is 3.37. The number of rotatable bonds is 6. The largest absolute Gasteiger partial charge is 0.336 e. The van der Waals surface area contributed by atoms with E-state index in [1.807, 2.05) is 37.2 Å². The first-order valence-corrected chi connectivity index (χ1v) is 7.87. The fourth-order valence-corrected chi connectivity index (χ4v) is 2.67. The van der Waals surface area contributed by atoms with Crippen LogP contribution in [0.2, 0.25) is 0 Å². The molecule has 1 N–H and O–H groups in total. The van der Waals surface area contributed by atoms with Crippen LogP contribution in [-0.4, -0.2) is 55.5 Å². The minimum absolute atomic E-state index is 0.00428. The summed E-state index contributed by atoms with van der Waals surface area (Å²) in [4.78, 5) is 16.9. The molecule has 0 radical (unpaired) electrons. The van der Waals surface area contributed by atoms with E-state index in [-0.39, 0.29) is 11.9 Å². The predicted octanol–water partition coefficient (Wildman–Crippen LogP) is 1.72. The van der Waals surface area contributed by atoms with Gasteiger partial charge >= 0.3 is 0 Å². The minimum atomic E-state index is 0.00428. The van der Waals surface area contributed by atoms with Crippen LogP contribution in [0.25, 0.3) is 0 Å². The molecule has 0 bridgehead atoms. The van der Waals surface area contributed by atoms with Gasteiger partial charge in [-0.3, -0.25) is 4.79 Å². The molecule has 116 valence electrons. The molecule has 4 heteroatoms. The molecule has 1 fully saturated rings. The number of benzene rings is 1. The van der Waals surface area contributed by atoms with E-state index >= 15 is 0 Å². The summed E-state index contributed by atoms with van der Waals surface area (Å²) in [6.07, 6.45) is 3.29. The van der Waals surface area contributed by atoms with Gasteiger partial charge in [0.05, 0.1) is 6.04 Å². The lowest BCUT2D eigenvalue weighted by Gasteiger charge is -2.31. The summed E-state index contributed by atoms with van der Waals surface area (Å²) < 4.78 is 0. The third-order valence-corrected chi connectivity index (χ3v) is 3.95. The molecule has 1 aromatic rings. The number of carbonyl (C=O) groups is 1. The van der Waals surface area contributed by atoms with Crippen LogP contribution in [0.5, 0.6) is 0 Å². The lowest BCUT2D eigenvalue weighted by Crippen LogP contribution is -2.49. The van der Waals surface area contributed by atoms with E-state index in [9.17, 15) is 4.79 Å². The van der Waals surface area contributed by atoms with Gasteiger partial charge in [-0.15, -0.1) is 0 Å². The average Bonchev–Trinajstić information content (AvgIpc) is 2.52. The summed E-state index contributed by atoms with van der Waals surface area (Å²) in [6, 6.07) is 10.3. The van der Waals surface area contributed by atoms with Crippen molar-refractivity contribution in [3.8, 4) is 0 Å². The van der Waals surface area contributed by atoms with Crippen molar-refractivity contribution in [2.45, 2.75) is 31.8 Å². The Morgan fingerprint density at radius 3 is 2.57 bits per heavy atom. The molecule has 0 saturated carbocycles. The molecular formula is C17H27N3O. The standard InChI is InChI=1S/C17H27N3O/c1-19(2)12-13-20(14-15-8-4-3-5-9-15)17(21)16-10-6-7-11-18-16/h3-5,8-9,16,18H,6-7,10-14H2,1-2H3/t16-/m1/s1. The molecule has 2 rings (SSSR count). The zero-order valence-corrected chi connectivity index (χ0v) is 13.2. The molecule has 1 aliphatic rings. The van der Waals surface area contributed by atoms with Crippen LogP contribution in [0.3, 0.4) is 0 Å². The molecule has 1 heterocycles. The van der Waals surface area contributed by atoms with Crippen molar-refractivity contribution in [1.82, 2.24) is 15.1 Å². The average molecular weight is 289 g/mol. The van der Waals surface area contributed by atoms with Crippen LogP contribution >= 0.6 is 0 Å². The topological polar surface area (TPSA) is 35.6 Å². The van der Waals surface area contributed by atoms with E-state index in [4.69, 9.17) is 0 Å². The summed E-state index contributed by atoms with van der Waals surface area (Å²) in [6.45, 7) is 3.33. The van der Waals surface area contributed by atoms with Crippen LogP contribution in [-0.2, 0) is 11.3 Å². The van der Waals surface area contributed by atoms with Gasteiger partial charge in [0.2, 0.25) is 5.91 Å². The Hall–Kier alpha value is -1.39. The second-order valence-electron chi connectivity index (χ2n) is 6.05. The Morgan fingerprint density at radius 2 is 1.95 bits per heavy atom. The Balaban J connectivity index is 2.01. The predicted molar refractivity (Wildman–Crippen MR) is 86.1 cm³/mol. The van der Waals surface area contributed by atoms with Crippen LogP contribution < -0.4 is 5.32 Å². The highest BCUT2D eigenvalue weighted by atomic mass is 16.2. The van der Waals surface area contributed by atoms with Crippen molar-refractivity contribution < 1.29 is 4.79 Å². The highest BCUT2D eigenvalue weighted by molar-refractivity contribution is 5.82. The highest BCUT2D eigenvalue weighted by Gasteiger charge is 2.25. The summed E-state index contributed by atoms with van der Waals surface area (Å²) in [5.41, 5.74) is 1.19. The lowest BCUT2D eigenvalue weighted by atomic mass is 10.0. The maximum atomic E-state index is 12.8. The van der Waals surface area contributed by atoms with E-state index in [0.717, 1.165) is 32.5 Å². The van der Waals surface area contributed by atoms with E-state index in [2.05, 4.69) is 22.3 Å². The maximum absolute atomic E-state index is 12.8. The number of piperidine rings is 1. The molecule has 1 aliphatic heterocycles. The van der Waals surface area contributed by atoms with Gasteiger partial charge in [-0.05, 0) is 39.0 Å². The summed E-state index contributed by atoms with van der Waals surface area (Å²) >= 11 is 0. The summed E-state index contributed by atoms with van der Waals surface area (Å²) in [5.74, 6) is 0.250. The van der Waals surface area contributed by atoms with Gasteiger partial charge in [-0.2, -0.15) is 0 Å². The van der Waals surface area contributed by atoms with Gasteiger partial charge in [0, 0.05) is 19.6 Å². The second kappa shape index (κ2) is 8.15. The maximum Gasteiger partial charge on any atom is 0.240 e. The van der Waals surface area contributed by atoms with Gasteiger partial charge in [-0.25, -0.2) is 0 Å². The van der Waals surface area contributed by atoms with Crippen molar-refractivity contribution in [2.24, 2.45) is 0 Å².